The normalized spacial score (nSPS) is 11.1. The summed E-state index contributed by atoms with van der Waals surface area (Å²) in [5.74, 6) is 0. The Bertz CT molecular complexity index is 1570. The van der Waals surface area contributed by atoms with Gasteiger partial charge in [-0.05, 0) is 75.6 Å². The molecule has 6 aromatic carbocycles. The van der Waals surface area contributed by atoms with E-state index in [0.717, 1.165) is 33.2 Å². The number of hydrogen-bond donors (Lipinski definition) is 0. The van der Waals surface area contributed by atoms with Gasteiger partial charge in [0.1, 0.15) is 0 Å². The molecule has 6 rings (SSSR count). The van der Waals surface area contributed by atoms with Gasteiger partial charge in [-0.2, -0.15) is 0 Å². The monoisotopic (exact) mass is 455 g/mol. The van der Waals surface area contributed by atoms with Gasteiger partial charge in [0.25, 0.3) is 0 Å². The molecular weight excluding hydrogens is 434 g/mol. The predicted octanol–water partition coefficient (Wildman–Crippen LogP) is 9.78. The van der Waals surface area contributed by atoms with E-state index >= 15 is 0 Å². The molecule has 162 valence electrons. The van der Waals surface area contributed by atoms with Crippen LogP contribution in [0, 0.1) is 0 Å². The lowest BCUT2D eigenvalue weighted by Crippen LogP contribution is -2.09. The van der Waals surface area contributed by atoms with Gasteiger partial charge in [-0.25, -0.2) is 0 Å². The second kappa shape index (κ2) is 8.70. The molecule has 0 atom stereocenters. The number of fused-ring (bicyclic) bond motifs is 3. The van der Waals surface area contributed by atoms with Crippen molar-refractivity contribution in [3.8, 4) is 11.1 Å². The van der Waals surface area contributed by atoms with E-state index in [1.807, 2.05) is 18.2 Å². The van der Waals surface area contributed by atoms with Crippen LogP contribution in [0.4, 0.5) is 17.1 Å². The summed E-state index contributed by atoms with van der Waals surface area (Å²) in [4.78, 5) is 2.27. The molecule has 0 spiro atoms. The Kier molecular flexibility index (Phi) is 5.25. The van der Waals surface area contributed by atoms with E-state index in [9.17, 15) is 0 Å². The first-order chi connectivity index (χ1) is 16.8. The van der Waals surface area contributed by atoms with Crippen LogP contribution in [0.15, 0.2) is 133 Å². The second-order valence-corrected chi connectivity index (χ2v) is 8.77. The van der Waals surface area contributed by atoms with Crippen molar-refractivity contribution in [3.63, 3.8) is 0 Å². The summed E-state index contributed by atoms with van der Waals surface area (Å²) >= 11 is 6.86. The summed E-state index contributed by atoms with van der Waals surface area (Å²) in [5, 5.41) is 5.64. The number of benzene rings is 6. The molecule has 0 amide bonds. The van der Waals surface area contributed by atoms with Crippen LogP contribution in [0.1, 0.15) is 0 Å². The zero-order chi connectivity index (χ0) is 22.9. The van der Waals surface area contributed by atoms with Crippen LogP contribution in [0.5, 0.6) is 0 Å². The Morgan fingerprint density at radius 2 is 0.971 bits per heavy atom. The van der Waals surface area contributed by atoms with E-state index in [0.29, 0.717) is 0 Å². The zero-order valence-corrected chi connectivity index (χ0v) is 19.3. The molecule has 2 heteroatoms. The van der Waals surface area contributed by atoms with Gasteiger partial charge >= 0.3 is 0 Å². The quantitative estimate of drug-likeness (QED) is 0.239. The van der Waals surface area contributed by atoms with Crippen LogP contribution < -0.4 is 4.90 Å². The van der Waals surface area contributed by atoms with Gasteiger partial charge in [0.2, 0.25) is 0 Å². The Labute approximate surface area is 204 Å². The standard InChI is InChI=1S/C32H22ClN/c33-32-20-19-26(34(24-12-3-1-4-13-24)25-14-5-2-6-15-25)22-31(32)30-21-23-11-7-8-16-27(23)28-17-9-10-18-29(28)30/h1-22H. The lowest BCUT2D eigenvalue weighted by molar-refractivity contribution is 1.28. The maximum Gasteiger partial charge on any atom is 0.0486 e. The van der Waals surface area contributed by atoms with E-state index in [4.69, 9.17) is 11.6 Å². The van der Waals surface area contributed by atoms with E-state index in [-0.39, 0.29) is 0 Å². The highest BCUT2D eigenvalue weighted by Crippen LogP contribution is 2.42. The Morgan fingerprint density at radius 3 is 1.65 bits per heavy atom. The molecule has 0 bridgehead atoms. The van der Waals surface area contributed by atoms with Crippen LogP contribution in [0.25, 0.3) is 32.7 Å². The van der Waals surface area contributed by atoms with Crippen molar-refractivity contribution >= 4 is 50.2 Å². The van der Waals surface area contributed by atoms with Crippen LogP contribution >= 0.6 is 11.6 Å². The molecule has 0 radical (unpaired) electrons. The highest BCUT2D eigenvalue weighted by Gasteiger charge is 2.16. The van der Waals surface area contributed by atoms with E-state index in [1.54, 1.807) is 0 Å². The number of halogens is 1. The molecule has 6 aromatic rings. The molecule has 0 heterocycles. The van der Waals surface area contributed by atoms with Crippen LogP contribution in [-0.4, -0.2) is 0 Å². The maximum absolute atomic E-state index is 6.86. The second-order valence-electron chi connectivity index (χ2n) is 8.36. The highest BCUT2D eigenvalue weighted by atomic mass is 35.5. The number of hydrogen-bond acceptors (Lipinski definition) is 1. The van der Waals surface area contributed by atoms with Crippen molar-refractivity contribution in [1.82, 2.24) is 0 Å². The molecule has 0 saturated carbocycles. The molecule has 0 N–H and O–H groups in total. The SMILES string of the molecule is Clc1ccc(N(c2ccccc2)c2ccccc2)cc1-c1cc2ccccc2c2ccccc12. The summed E-state index contributed by atoms with van der Waals surface area (Å²) in [6.45, 7) is 0. The predicted molar refractivity (Wildman–Crippen MR) is 147 cm³/mol. The van der Waals surface area contributed by atoms with Gasteiger partial charge in [-0.15, -0.1) is 0 Å². The third-order valence-corrected chi connectivity index (χ3v) is 6.62. The molecule has 0 aromatic heterocycles. The van der Waals surface area contributed by atoms with Crippen LogP contribution in [0.3, 0.4) is 0 Å². The molecule has 34 heavy (non-hydrogen) atoms. The first kappa shape index (κ1) is 20.5. The molecule has 0 aliphatic rings. The van der Waals surface area contributed by atoms with Crippen molar-refractivity contribution in [3.05, 3.63) is 138 Å². The lowest BCUT2D eigenvalue weighted by atomic mass is 9.93. The van der Waals surface area contributed by atoms with Gasteiger partial charge < -0.3 is 4.90 Å². The van der Waals surface area contributed by atoms with Crippen LogP contribution in [-0.2, 0) is 0 Å². The summed E-state index contributed by atoms with van der Waals surface area (Å²) < 4.78 is 0. The van der Waals surface area contributed by atoms with Crippen LogP contribution in [0.2, 0.25) is 5.02 Å². The Balaban J connectivity index is 1.60. The topological polar surface area (TPSA) is 3.24 Å². The van der Waals surface area contributed by atoms with Crippen molar-refractivity contribution in [2.24, 2.45) is 0 Å². The van der Waals surface area contributed by atoms with E-state index < -0.39 is 0 Å². The number of rotatable bonds is 4. The number of anilines is 3. The largest absolute Gasteiger partial charge is 0.310 e. The summed E-state index contributed by atoms with van der Waals surface area (Å²) in [7, 11) is 0. The number of para-hydroxylation sites is 2. The van der Waals surface area contributed by atoms with E-state index in [1.165, 1.54) is 21.5 Å². The van der Waals surface area contributed by atoms with Gasteiger partial charge in [-0.1, -0.05) is 96.5 Å². The molecule has 0 saturated heterocycles. The lowest BCUT2D eigenvalue weighted by Gasteiger charge is -2.26. The fraction of sp³-hybridized carbons (Fsp3) is 0. The third kappa shape index (κ3) is 3.61. The van der Waals surface area contributed by atoms with E-state index in [2.05, 4.69) is 120 Å². The molecule has 1 nitrogen and oxygen atoms in total. The Hall–Kier alpha value is -4.07. The fourth-order valence-corrected chi connectivity index (χ4v) is 4.96. The van der Waals surface area contributed by atoms with Gasteiger partial charge in [0.05, 0.1) is 0 Å². The number of nitrogens with zero attached hydrogens (tertiary/aromatic N) is 1. The Morgan fingerprint density at radius 1 is 0.412 bits per heavy atom. The summed E-state index contributed by atoms with van der Waals surface area (Å²) in [6.07, 6.45) is 0. The van der Waals surface area contributed by atoms with Crippen molar-refractivity contribution < 1.29 is 0 Å². The third-order valence-electron chi connectivity index (χ3n) is 6.30. The average molecular weight is 456 g/mol. The molecule has 0 unspecified atom stereocenters. The minimum atomic E-state index is 0.741. The van der Waals surface area contributed by atoms with Crippen molar-refractivity contribution in [2.75, 3.05) is 4.90 Å². The molecule has 0 aliphatic heterocycles. The summed E-state index contributed by atoms with van der Waals surface area (Å²) in [6, 6.07) is 46.6. The highest BCUT2D eigenvalue weighted by molar-refractivity contribution is 6.34. The fourth-order valence-electron chi connectivity index (χ4n) is 4.74. The van der Waals surface area contributed by atoms with Crippen molar-refractivity contribution in [2.45, 2.75) is 0 Å². The first-order valence-electron chi connectivity index (χ1n) is 11.4. The van der Waals surface area contributed by atoms with Crippen molar-refractivity contribution in [1.29, 1.82) is 0 Å². The zero-order valence-electron chi connectivity index (χ0n) is 18.5. The molecule has 0 fully saturated rings. The minimum Gasteiger partial charge on any atom is -0.310 e. The van der Waals surface area contributed by atoms with Gasteiger partial charge in [0.15, 0.2) is 0 Å². The first-order valence-corrected chi connectivity index (χ1v) is 11.8. The van der Waals surface area contributed by atoms with Gasteiger partial charge in [-0.3, -0.25) is 0 Å². The molecular formula is C32H22ClN. The summed E-state index contributed by atoms with van der Waals surface area (Å²) in [5.41, 5.74) is 5.44. The minimum absolute atomic E-state index is 0.741. The smallest absolute Gasteiger partial charge is 0.0486 e. The molecule has 0 aliphatic carbocycles. The maximum atomic E-state index is 6.86. The average Bonchev–Trinajstić information content (AvgIpc) is 2.91. The van der Waals surface area contributed by atoms with Gasteiger partial charge in [0, 0.05) is 27.6 Å².